The molecule has 0 fully saturated rings. The number of rotatable bonds is 0. The highest BCUT2D eigenvalue weighted by Gasteiger charge is 1.95. The van der Waals surface area contributed by atoms with Crippen LogP contribution in [0.5, 0.6) is 0 Å². The monoisotopic (exact) mass is 108 g/mol. The van der Waals surface area contributed by atoms with E-state index in [1.807, 2.05) is 0 Å². The third kappa shape index (κ3) is 1.22. The van der Waals surface area contributed by atoms with E-state index in [4.69, 9.17) is 0 Å². The van der Waals surface area contributed by atoms with Gasteiger partial charge in [0.1, 0.15) is 0 Å². The minimum atomic E-state index is 1.27. The molecular weight excluding hydrogens is 96.1 g/mol. The molecule has 1 aliphatic rings. The first-order valence-corrected chi connectivity index (χ1v) is 3.12. The summed E-state index contributed by atoms with van der Waals surface area (Å²) in [4.78, 5) is 0. The van der Waals surface area contributed by atoms with Gasteiger partial charge in [-0.05, 0) is 26.7 Å². The molecule has 0 nitrogen and oxygen atoms in total. The highest BCUT2D eigenvalue weighted by molar-refractivity contribution is 5.20. The summed E-state index contributed by atoms with van der Waals surface area (Å²) in [6.45, 7) is 4.37. The van der Waals surface area contributed by atoms with Crippen LogP contribution in [0, 0.1) is 0 Å². The highest BCUT2D eigenvalue weighted by Crippen LogP contribution is 2.15. The van der Waals surface area contributed by atoms with Crippen molar-refractivity contribution in [1.82, 2.24) is 0 Å². The lowest BCUT2D eigenvalue weighted by Crippen LogP contribution is -1.85. The lowest BCUT2D eigenvalue weighted by atomic mass is 10.0. The molecule has 0 spiro atoms. The molecule has 0 amide bonds. The SMILES string of the molecule is CC1=CC=C(C)CC1. The van der Waals surface area contributed by atoms with Crippen LogP contribution in [-0.2, 0) is 0 Å². The van der Waals surface area contributed by atoms with E-state index in [1.54, 1.807) is 0 Å². The minimum Gasteiger partial charge on any atom is -0.0730 e. The lowest BCUT2D eigenvalue weighted by Gasteiger charge is -2.05. The maximum Gasteiger partial charge on any atom is -0.0283 e. The predicted molar refractivity (Wildman–Crippen MR) is 36.7 cm³/mol. The molecule has 0 aliphatic heterocycles. The van der Waals surface area contributed by atoms with E-state index >= 15 is 0 Å². The normalized spacial score (nSPS) is 19.8. The number of allylic oxidation sites excluding steroid dienone is 4. The average Bonchev–Trinajstić information content (AvgIpc) is 1.77. The number of hydrogen-bond acceptors (Lipinski definition) is 0. The van der Waals surface area contributed by atoms with Gasteiger partial charge in [0.05, 0.1) is 0 Å². The topological polar surface area (TPSA) is 0 Å². The Hall–Kier alpha value is -0.520. The maximum atomic E-state index is 2.21. The Bertz CT molecular complexity index is 120. The van der Waals surface area contributed by atoms with Gasteiger partial charge in [-0.2, -0.15) is 0 Å². The highest BCUT2D eigenvalue weighted by atomic mass is 14.0. The van der Waals surface area contributed by atoms with E-state index in [0.717, 1.165) is 0 Å². The van der Waals surface area contributed by atoms with Crippen LogP contribution in [-0.4, -0.2) is 0 Å². The fourth-order valence-electron chi connectivity index (χ4n) is 0.846. The molecule has 0 saturated heterocycles. The molecule has 0 heteroatoms. The molecule has 8 heavy (non-hydrogen) atoms. The summed E-state index contributed by atoms with van der Waals surface area (Å²) in [5.74, 6) is 0. The molecule has 0 atom stereocenters. The Morgan fingerprint density at radius 2 is 1.38 bits per heavy atom. The van der Waals surface area contributed by atoms with E-state index in [2.05, 4.69) is 26.0 Å². The van der Waals surface area contributed by atoms with E-state index in [9.17, 15) is 0 Å². The van der Waals surface area contributed by atoms with E-state index in [0.29, 0.717) is 0 Å². The summed E-state index contributed by atoms with van der Waals surface area (Å²) in [6.07, 6.45) is 6.95. The average molecular weight is 108 g/mol. The molecule has 1 rings (SSSR count). The largest absolute Gasteiger partial charge is 0.0730 e. The first-order valence-electron chi connectivity index (χ1n) is 3.12. The van der Waals surface area contributed by atoms with Crippen molar-refractivity contribution in [2.45, 2.75) is 26.7 Å². The van der Waals surface area contributed by atoms with Gasteiger partial charge in [-0.15, -0.1) is 0 Å². The zero-order valence-corrected chi connectivity index (χ0v) is 5.57. The van der Waals surface area contributed by atoms with Gasteiger partial charge in [0, 0.05) is 0 Å². The Morgan fingerprint density at radius 3 is 1.62 bits per heavy atom. The van der Waals surface area contributed by atoms with Crippen molar-refractivity contribution in [3.05, 3.63) is 23.3 Å². The van der Waals surface area contributed by atoms with Crippen LogP contribution >= 0.6 is 0 Å². The Balaban J connectivity index is 2.65. The quantitative estimate of drug-likeness (QED) is 0.447. The number of hydrogen-bond donors (Lipinski definition) is 0. The second-order valence-electron chi connectivity index (χ2n) is 2.53. The van der Waals surface area contributed by atoms with Gasteiger partial charge in [-0.3, -0.25) is 0 Å². The van der Waals surface area contributed by atoms with Gasteiger partial charge in [-0.1, -0.05) is 23.3 Å². The standard InChI is InChI=1S/C8H12/c1-7-3-5-8(2)6-4-7/h3,5H,4,6H2,1-2H3. The van der Waals surface area contributed by atoms with E-state index < -0.39 is 0 Å². The zero-order chi connectivity index (χ0) is 5.98. The van der Waals surface area contributed by atoms with Gasteiger partial charge in [0.25, 0.3) is 0 Å². The fourth-order valence-corrected chi connectivity index (χ4v) is 0.846. The maximum absolute atomic E-state index is 2.21. The molecule has 1 aliphatic carbocycles. The molecule has 0 aromatic carbocycles. The van der Waals surface area contributed by atoms with Gasteiger partial charge < -0.3 is 0 Å². The predicted octanol–water partition coefficient (Wildman–Crippen LogP) is 2.67. The van der Waals surface area contributed by atoms with Gasteiger partial charge in [0.15, 0.2) is 0 Å². The van der Waals surface area contributed by atoms with Crippen molar-refractivity contribution in [1.29, 1.82) is 0 Å². The second kappa shape index (κ2) is 2.17. The molecule has 0 saturated carbocycles. The molecule has 0 aromatic heterocycles. The van der Waals surface area contributed by atoms with Crippen LogP contribution in [0.2, 0.25) is 0 Å². The molecule has 44 valence electrons. The van der Waals surface area contributed by atoms with E-state index in [-0.39, 0.29) is 0 Å². The Labute approximate surface area is 50.9 Å². The molecule has 0 bridgehead atoms. The van der Waals surface area contributed by atoms with Gasteiger partial charge >= 0.3 is 0 Å². The van der Waals surface area contributed by atoms with Crippen LogP contribution in [0.3, 0.4) is 0 Å². The van der Waals surface area contributed by atoms with Crippen molar-refractivity contribution in [3.63, 3.8) is 0 Å². The lowest BCUT2D eigenvalue weighted by molar-refractivity contribution is 0.906. The molecular formula is C8H12. The van der Waals surface area contributed by atoms with Crippen LogP contribution in [0.25, 0.3) is 0 Å². The van der Waals surface area contributed by atoms with Crippen LogP contribution in [0.4, 0.5) is 0 Å². The van der Waals surface area contributed by atoms with E-state index in [1.165, 1.54) is 24.0 Å². The van der Waals surface area contributed by atoms with Crippen molar-refractivity contribution >= 4 is 0 Å². The smallest absolute Gasteiger partial charge is 0.0283 e. The first kappa shape index (κ1) is 5.61. The van der Waals surface area contributed by atoms with Crippen LogP contribution in [0.1, 0.15) is 26.7 Å². The molecule has 0 aromatic rings. The van der Waals surface area contributed by atoms with Gasteiger partial charge in [0.2, 0.25) is 0 Å². The molecule has 0 radical (unpaired) electrons. The minimum absolute atomic E-state index is 1.27. The summed E-state index contributed by atoms with van der Waals surface area (Å²) in [6, 6.07) is 0. The fraction of sp³-hybridized carbons (Fsp3) is 0.500. The van der Waals surface area contributed by atoms with Crippen molar-refractivity contribution < 1.29 is 0 Å². The Morgan fingerprint density at radius 1 is 1.00 bits per heavy atom. The van der Waals surface area contributed by atoms with Gasteiger partial charge in [-0.25, -0.2) is 0 Å². The second-order valence-corrected chi connectivity index (χ2v) is 2.53. The van der Waals surface area contributed by atoms with Crippen molar-refractivity contribution in [3.8, 4) is 0 Å². The van der Waals surface area contributed by atoms with Crippen LogP contribution < -0.4 is 0 Å². The third-order valence-electron chi connectivity index (χ3n) is 1.57. The summed E-state index contributed by atoms with van der Waals surface area (Å²) in [5, 5.41) is 0. The third-order valence-corrected chi connectivity index (χ3v) is 1.57. The van der Waals surface area contributed by atoms with Crippen molar-refractivity contribution in [2.24, 2.45) is 0 Å². The molecule has 0 N–H and O–H groups in total. The molecule has 0 heterocycles. The zero-order valence-electron chi connectivity index (χ0n) is 5.57. The van der Waals surface area contributed by atoms with Crippen LogP contribution in [0.15, 0.2) is 23.3 Å². The molecule has 0 unspecified atom stereocenters. The van der Waals surface area contributed by atoms with Crippen molar-refractivity contribution in [2.75, 3.05) is 0 Å². The summed E-state index contributed by atoms with van der Waals surface area (Å²) in [5.41, 5.74) is 3.02. The Kier molecular flexibility index (Phi) is 1.52. The summed E-state index contributed by atoms with van der Waals surface area (Å²) < 4.78 is 0. The summed E-state index contributed by atoms with van der Waals surface area (Å²) >= 11 is 0. The first-order chi connectivity index (χ1) is 3.79. The summed E-state index contributed by atoms with van der Waals surface area (Å²) in [7, 11) is 0.